The van der Waals surface area contributed by atoms with Crippen molar-refractivity contribution in [2.24, 2.45) is 5.92 Å². The predicted molar refractivity (Wildman–Crippen MR) is 82.6 cm³/mol. The number of nitro benzene ring substituents is 1. The molecule has 19 heavy (non-hydrogen) atoms. The van der Waals surface area contributed by atoms with Crippen molar-refractivity contribution in [1.82, 2.24) is 0 Å². The summed E-state index contributed by atoms with van der Waals surface area (Å²) in [4.78, 5) is 10.6. The minimum atomic E-state index is -0.345. The highest BCUT2D eigenvalue weighted by atomic mass is 79.9. The summed E-state index contributed by atoms with van der Waals surface area (Å²) < 4.78 is 0.849. The van der Waals surface area contributed by atoms with E-state index in [2.05, 4.69) is 35.1 Å². The fourth-order valence-corrected chi connectivity index (χ4v) is 2.37. The van der Waals surface area contributed by atoms with Crippen LogP contribution < -0.4 is 5.32 Å². The molecule has 0 heterocycles. The number of benzene rings is 1. The lowest BCUT2D eigenvalue weighted by molar-refractivity contribution is -0.384. The van der Waals surface area contributed by atoms with Gasteiger partial charge in [-0.1, -0.05) is 49.0 Å². The molecule has 0 bridgehead atoms. The van der Waals surface area contributed by atoms with Crippen LogP contribution in [-0.2, 0) is 0 Å². The molecular formula is C14H21BrN2O2. The van der Waals surface area contributed by atoms with Gasteiger partial charge in [0.25, 0.3) is 5.69 Å². The molecule has 1 aromatic carbocycles. The summed E-state index contributed by atoms with van der Waals surface area (Å²) in [6, 6.07) is 4.99. The van der Waals surface area contributed by atoms with Crippen LogP contribution in [0.2, 0.25) is 0 Å². The fraction of sp³-hybridized carbons (Fsp3) is 0.571. The number of anilines is 1. The quantitative estimate of drug-likeness (QED) is 0.540. The lowest BCUT2D eigenvalue weighted by Crippen LogP contribution is -2.14. The van der Waals surface area contributed by atoms with Crippen molar-refractivity contribution >= 4 is 27.3 Å². The highest BCUT2D eigenvalue weighted by Gasteiger charge is 2.14. The molecule has 5 heteroatoms. The van der Waals surface area contributed by atoms with Crippen molar-refractivity contribution < 1.29 is 4.92 Å². The van der Waals surface area contributed by atoms with E-state index in [1.807, 2.05) is 0 Å². The fourth-order valence-electron chi connectivity index (χ4n) is 2.01. The van der Waals surface area contributed by atoms with Crippen LogP contribution in [0.25, 0.3) is 0 Å². The molecule has 1 rings (SSSR count). The Balaban J connectivity index is 2.70. The van der Waals surface area contributed by atoms with Crippen molar-refractivity contribution in [3.05, 3.63) is 32.8 Å². The molecule has 1 N–H and O–H groups in total. The van der Waals surface area contributed by atoms with E-state index < -0.39 is 0 Å². The number of unbranched alkanes of at least 4 members (excludes halogenated alkanes) is 1. The zero-order valence-corrected chi connectivity index (χ0v) is 13.1. The molecule has 0 saturated carbocycles. The summed E-state index contributed by atoms with van der Waals surface area (Å²) in [6.07, 6.45) is 4.66. The van der Waals surface area contributed by atoms with E-state index in [4.69, 9.17) is 0 Å². The van der Waals surface area contributed by atoms with E-state index in [9.17, 15) is 10.1 Å². The predicted octanol–water partition coefficient (Wildman–Crippen LogP) is 4.99. The largest absolute Gasteiger partial charge is 0.379 e. The van der Waals surface area contributed by atoms with Crippen molar-refractivity contribution in [2.75, 3.05) is 11.9 Å². The molecule has 0 aromatic heterocycles. The first-order valence-electron chi connectivity index (χ1n) is 6.76. The van der Waals surface area contributed by atoms with Gasteiger partial charge >= 0.3 is 0 Å². The van der Waals surface area contributed by atoms with Crippen LogP contribution in [0.1, 0.15) is 39.5 Å². The smallest absolute Gasteiger partial charge is 0.292 e. The number of rotatable bonds is 8. The Morgan fingerprint density at radius 3 is 2.74 bits per heavy atom. The first-order chi connectivity index (χ1) is 9.08. The summed E-state index contributed by atoms with van der Waals surface area (Å²) in [5, 5.41) is 14.2. The van der Waals surface area contributed by atoms with Gasteiger partial charge in [-0.15, -0.1) is 0 Å². The first kappa shape index (κ1) is 16.0. The van der Waals surface area contributed by atoms with E-state index in [1.165, 1.54) is 25.3 Å². The molecule has 0 radical (unpaired) electrons. The van der Waals surface area contributed by atoms with Crippen LogP contribution in [-0.4, -0.2) is 11.5 Å². The SMILES string of the molecule is CCCCC(CC)CNc1cc(Br)ccc1[N+](=O)[O-]. The number of nitro groups is 1. The van der Waals surface area contributed by atoms with Crippen LogP contribution in [0.3, 0.4) is 0 Å². The highest BCUT2D eigenvalue weighted by Crippen LogP contribution is 2.28. The number of halogens is 1. The first-order valence-corrected chi connectivity index (χ1v) is 7.55. The number of hydrogen-bond donors (Lipinski definition) is 1. The summed E-state index contributed by atoms with van der Waals surface area (Å²) >= 11 is 3.35. The maximum absolute atomic E-state index is 11.0. The molecule has 0 spiro atoms. The van der Waals surface area contributed by atoms with Gasteiger partial charge in [0.2, 0.25) is 0 Å². The van der Waals surface area contributed by atoms with E-state index in [1.54, 1.807) is 12.1 Å². The standard InChI is InChI=1S/C14H21BrN2O2/c1-3-5-6-11(4-2)10-16-13-9-12(15)7-8-14(13)17(18)19/h7-9,11,16H,3-6,10H2,1-2H3. The molecule has 1 aromatic rings. The second-order valence-corrected chi connectivity index (χ2v) is 5.63. The normalized spacial score (nSPS) is 12.2. The molecule has 0 aliphatic rings. The van der Waals surface area contributed by atoms with Crippen LogP contribution in [0.5, 0.6) is 0 Å². The monoisotopic (exact) mass is 328 g/mol. The third kappa shape index (κ3) is 5.19. The van der Waals surface area contributed by atoms with Gasteiger partial charge in [0.15, 0.2) is 0 Å². The number of nitrogens with zero attached hydrogens (tertiary/aromatic N) is 1. The molecule has 106 valence electrons. The second kappa shape index (κ2) is 8.15. The van der Waals surface area contributed by atoms with Gasteiger partial charge < -0.3 is 5.32 Å². The van der Waals surface area contributed by atoms with E-state index in [-0.39, 0.29) is 10.6 Å². The van der Waals surface area contributed by atoms with Gasteiger partial charge in [0.05, 0.1) is 4.92 Å². The second-order valence-electron chi connectivity index (χ2n) is 4.72. The summed E-state index contributed by atoms with van der Waals surface area (Å²) in [5.74, 6) is 0.568. The average Bonchev–Trinajstić information content (AvgIpc) is 2.38. The van der Waals surface area contributed by atoms with Crippen molar-refractivity contribution in [3.8, 4) is 0 Å². The van der Waals surface area contributed by atoms with Gasteiger partial charge in [-0.3, -0.25) is 10.1 Å². The van der Waals surface area contributed by atoms with E-state index in [0.717, 1.165) is 17.4 Å². The minimum absolute atomic E-state index is 0.133. The molecule has 0 amide bonds. The molecule has 0 fully saturated rings. The molecule has 1 unspecified atom stereocenters. The zero-order valence-electron chi connectivity index (χ0n) is 11.5. The number of hydrogen-bond acceptors (Lipinski definition) is 3. The van der Waals surface area contributed by atoms with Crippen LogP contribution in [0.15, 0.2) is 22.7 Å². The Morgan fingerprint density at radius 2 is 2.16 bits per heavy atom. The van der Waals surface area contributed by atoms with Crippen LogP contribution in [0, 0.1) is 16.0 Å². The summed E-state index contributed by atoms with van der Waals surface area (Å²) in [5.41, 5.74) is 0.725. The Hall–Kier alpha value is -1.10. The molecule has 0 aliphatic heterocycles. The third-order valence-corrected chi connectivity index (χ3v) is 3.77. The average molecular weight is 329 g/mol. The topological polar surface area (TPSA) is 55.2 Å². The van der Waals surface area contributed by atoms with Crippen LogP contribution >= 0.6 is 15.9 Å². The lowest BCUT2D eigenvalue weighted by atomic mass is 9.99. The van der Waals surface area contributed by atoms with E-state index in [0.29, 0.717) is 11.6 Å². The highest BCUT2D eigenvalue weighted by molar-refractivity contribution is 9.10. The summed E-state index contributed by atoms with van der Waals surface area (Å²) in [7, 11) is 0. The third-order valence-electron chi connectivity index (χ3n) is 3.28. The van der Waals surface area contributed by atoms with Crippen molar-refractivity contribution in [3.63, 3.8) is 0 Å². The molecule has 1 atom stereocenters. The number of nitrogens with one attached hydrogen (secondary N) is 1. The van der Waals surface area contributed by atoms with Gasteiger partial charge in [-0.2, -0.15) is 0 Å². The van der Waals surface area contributed by atoms with E-state index >= 15 is 0 Å². The van der Waals surface area contributed by atoms with Crippen LogP contribution in [0.4, 0.5) is 11.4 Å². The maximum Gasteiger partial charge on any atom is 0.292 e. The van der Waals surface area contributed by atoms with Gasteiger partial charge in [-0.25, -0.2) is 0 Å². The maximum atomic E-state index is 11.0. The van der Waals surface area contributed by atoms with Crippen molar-refractivity contribution in [2.45, 2.75) is 39.5 Å². The zero-order chi connectivity index (χ0) is 14.3. The molecular weight excluding hydrogens is 308 g/mol. The Kier molecular flexibility index (Phi) is 6.84. The molecule has 4 nitrogen and oxygen atoms in total. The lowest BCUT2D eigenvalue weighted by Gasteiger charge is -2.16. The minimum Gasteiger partial charge on any atom is -0.379 e. The Morgan fingerprint density at radius 1 is 1.42 bits per heavy atom. The molecule has 0 aliphatic carbocycles. The van der Waals surface area contributed by atoms with Gasteiger partial charge in [-0.05, 0) is 24.5 Å². The Bertz CT molecular complexity index is 424. The summed E-state index contributed by atoms with van der Waals surface area (Å²) in [6.45, 7) is 5.13. The Labute approximate surface area is 122 Å². The van der Waals surface area contributed by atoms with Gasteiger partial charge in [0.1, 0.15) is 5.69 Å². The van der Waals surface area contributed by atoms with Crippen molar-refractivity contribution in [1.29, 1.82) is 0 Å². The van der Waals surface area contributed by atoms with Gasteiger partial charge in [0, 0.05) is 17.1 Å². The molecule has 0 saturated heterocycles.